The lowest BCUT2D eigenvalue weighted by Crippen LogP contribution is -2.37. The Morgan fingerprint density at radius 2 is 2.19 bits per heavy atom. The van der Waals surface area contributed by atoms with E-state index in [-0.39, 0.29) is 22.8 Å². The number of ether oxygens (including phenoxy) is 1. The number of pyridine rings is 1. The SMILES string of the molecule is COC(=O)[C@@H]1C[C@H](Cl)CN1c1ncc(C(F)(F)F)cc1Cl. The van der Waals surface area contributed by atoms with Gasteiger partial charge in [-0.05, 0) is 12.5 Å². The maximum atomic E-state index is 12.6. The van der Waals surface area contributed by atoms with Gasteiger partial charge in [0, 0.05) is 12.7 Å². The van der Waals surface area contributed by atoms with Gasteiger partial charge in [-0.25, -0.2) is 9.78 Å². The van der Waals surface area contributed by atoms with Crippen LogP contribution in [0.4, 0.5) is 19.0 Å². The van der Waals surface area contributed by atoms with Crippen LogP contribution in [-0.2, 0) is 15.7 Å². The number of carbonyl (C=O) groups is 1. The van der Waals surface area contributed by atoms with Crippen LogP contribution in [0.15, 0.2) is 12.3 Å². The summed E-state index contributed by atoms with van der Waals surface area (Å²) < 4.78 is 42.4. The zero-order chi connectivity index (χ0) is 15.8. The second kappa shape index (κ2) is 5.88. The second-order valence-corrected chi connectivity index (χ2v) is 5.58. The number of halogens is 5. The van der Waals surface area contributed by atoms with Crippen molar-refractivity contribution in [1.82, 2.24) is 4.98 Å². The molecule has 1 aromatic heterocycles. The maximum absolute atomic E-state index is 12.6. The van der Waals surface area contributed by atoms with Gasteiger partial charge in [-0.1, -0.05) is 11.6 Å². The van der Waals surface area contributed by atoms with Crippen LogP contribution >= 0.6 is 23.2 Å². The molecule has 0 amide bonds. The molecule has 1 saturated heterocycles. The van der Waals surface area contributed by atoms with Crippen LogP contribution in [0.2, 0.25) is 5.02 Å². The minimum atomic E-state index is -4.53. The standard InChI is InChI=1S/C12H11Cl2F3N2O2/c1-21-11(20)9-3-7(13)5-19(9)10-8(14)2-6(4-18-10)12(15,16)17/h2,4,7,9H,3,5H2,1H3/t7-,9-/m0/s1. The normalized spacial score (nSPS) is 22.5. The van der Waals surface area contributed by atoms with Crippen LogP contribution in [0.3, 0.4) is 0 Å². The Kier molecular flexibility index (Phi) is 4.53. The molecular formula is C12H11Cl2F3N2O2. The average molecular weight is 343 g/mol. The van der Waals surface area contributed by atoms with Crippen LogP contribution in [0, 0.1) is 0 Å². The lowest BCUT2D eigenvalue weighted by molar-refractivity contribution is -0.142. The maximum Gasteiger partial charge on any atom is 0.417 e. The molecule has 2 rings (SSSR count). The molecule has 0 spiro atoms. The fraction of sp³-hybridized carbons (Fsp3) is 0.500. The molecular weight excluding hydrogens is 332 g/mol. The van der Waals surface area contributed by atoms with E-state index >= 15 is 0 Å². The van der Waals surface area contributed by atoms with Crippen molar-refractivity contribution >= 4 is 35.0 Å². The quantitative estimate of drug-likeness (QED) is 0.611. The van der Waals surface area contributed by atoms with Crippen molar-refractivity contribution in [3.05, 3.63) is 22.8 Å². The second-order valence-electron chi connectivity index (χ2n) is 4.55. The Morgan fingerprint density at radius 3 is 2.71 bits per heavy atom. The summed E-state index contributed by atoms with van der Waals surface area (Å²) in [5, 5.41) is -0.529. The third kappa shape index (κ3) is 3.35. The van der Waals surface area contributed by atoms with Crippen molar-refractivity contribution < 1.29 is 22.7 Å². The number of hydrogen-bond acceptors (Lipinski definition) is 4. The predicted octanol–water partition coefficient (Wildman–Crippen LogP) is 3.11. The van der Waals surface area contributed by atoms with E-state index in [1.54, 1.807) is 0 Å². The monoisotopic (exact) mass is 342 g/mol. The number of nitrogens with zero attached hydrogens (tertiary/aromatic N) is 2. The van der Waals surface area contributed by atoms with Crippen molar-refractivity contribution in [2.24, 2.45) is 0 Å². The van der Waals surface area contributed by atoms with E-state index in [1.807, 2.05) is 0 Å². The number of hydrogen-bond donors (Lipinski definition) is 0. The van der Waals surface area contributed by atoms with Crippen LogP contribution in [0.5, 0.6) is 0 Å². The molecule has 1 aliphatic heterocycles. The van der Waals surface area contributed by atoms with Crippen LogP contribution in [0.25, 0.3) is 0 Å². The summed E-state index contributed by atoms with van der Waals surface area (Å²) in [4.78, 5) is 16.9. The minimum Gasteiger partial charge on any atom is -0.467 e. The van der Waals surface area contributed by atoms with Crippen molar-refractivity contribution in [2.75, 3.05) is 18.6 Å². The highest BCUT2D eigenvalue weighted by atomic mass is 35.5. The highest BCUT2D eigenvalue weighted by Crippen LogP contribution is 2.36. The van der Waals surface area contributed by atoms with Gasteiger partial charge < -0.3 is 9.64 Å². The molecule has 0 bridgehead atoms. The average Bonchev–Trinajstić information content (AvgIpc) is 2.78. The molecule has 0 N–H and O–H groups in total. The van der Waals surface area contributed by atoms with E-state index in [1.165, 1.54) is 12.0 Å². The van der Waals surface area contributed by atoms with E-state index in [9.17, 15) is 18.0 Å². The molecule has 1 aliphatic rings. The Bertz CT molecular complexity index is 554. The molecule has 116 valence electrons. The van der Waals surface area contributed by atoms with Crippen molar-refractivity contribution in [3.63, 3.8) is 0 Å². The Hall–Kier alpha value is -1.21. The zero-order valence-electron chi connectivity index (χ0n) is 10.8. The molecule has 2 heterocycles. The van der Waals surface area contributed by atoms with Gasteiger partial charge in [0.15, 0.2) is 0 Å². The van der Waals surface area contributed by atoms with E-state index in [4.69, 9.17) is 23.2 Å². The van der Waals surface area contributed by atoms with Gasteiger partial charge in [-0.2, -0.15) is 13.2 Å². The largest absolute Gasteiger partial charge is 0.467 e. The molecule has 1 fully saturated rings. The number of rotatable bonds is 2. The summed E-state index contributed by atoms with van der Waals surface area (Å²) in [6.45, 7) is 0.249. The summed E-state index contributed by atoms with van der Waals surface area (Å²) in [7, 11) is 1.23. The van der Waals surface area contributed by atoms with Crippen LogP contribution in [0.1, 0.15) is 12.0 Å². The first-order chi connectivity index (χ1) is 9.74. The van der Waals surface area contributed by atoms with Gasteiger partial charge in [0.2, 0.25) is 0 Å². The first-order valence-corrected chi connectivity index (χ1v) is 6.76. The number of alkyl halides is 4. The molecule has 1 aromatic rings. The highest BCUT2D eigenvalue weighted by molar-refractivity contribution is 6.33. The van der Waals surface area contributed by atoms with Gasteiger partial charge in [0.25, 0.3) is 0 Å². The molecule has 0 saturated carbocycles. The van der Waals surface area contributed by atoms with Gasteiger partial charge in [-0.3, -0.25) is 0 Å². The molecule has 4 nitrogen and oxygen atoms in total. The lowest BCUT2D eigenvalue weighted by atomic mass is 10.2. The topological polar surface area (TPSA) is 42.4 Å². The Labute approximate surface area is 128 Å². The fourth-order valence-electron chi connectivity index (χ4n) is 2.18. The van der Waals surface area contributed by atoms with E-state index in [0.717, 1.165) is 6.07 Å². The van der Waals surface area contributed by atoms with Crippen molar-refractivity contribution in [1.29, 1.82) is 0 Å². The van der Waals surface area contributed by atoms with Crippen molar-refractivity contribution in [3.8, 4) is 0 Å². The number of methoxy groups -OCH3 is 1. The smallest absolute Gasteiger partial charge is 0.417 e. The van der Waals surface area contributed by atoms with Gasteiger partial charge >= 0.3 is 12.1 Å². The summed E-state index contributed by atoms with van der Waals surface area (Å²) in [5.41, 5.74) is -0.951. The Morgan fingerprint density at radius 1 is 1.52 bits per heavy atom. The van der Waals surface area contributed by atoms with Crippen molar-refractivity contribution in [2.45, 2.75) is 24.0 Å². The first-order valence-electron chi connectivity index (χ1n) is 5.95. The number of aromatic nitrogens is 1. The third-order valence-corrected chi connectivity index (χ3v) is 3.74. The Balaban J connectivity index is 2.34. The molecule has 21 heavy (non-hydrogen) atoms. The minimum absolute atomic E-state index is 0.0863. The van der Waals surface area contributed by atoms with Gasteiger partial charge in [-0.15, -0.1) is 11.6 Å². The zero-order valence-corrected chi connectivity index (χ0v) is 12.3. The van der Waals surface area contributed by atoms with E-state index in [0.29, 0.717) is 12.6 Å². The highest BCUT2D eigenvalue weighted by Gasteiger charge is 2.39. The summed E-state index contributed by atoms with van der Waals surface area (Å²) in [5.74, 6) is -0.445. The number of esters is 1. The fourth-order valence-corrected chi connectivity index (χ4v) is 2.77. The molecule has 9 heteroatoms. The number of carbonyl (C=O) groups excluding carboxylic acids is 1. The lowest BCUT2D eigenvalue weighted by Gasteiger charge is -2.24. The molecule has 2 atom stereocenters. The van der Waals surface area contributed by atoms with Crippen LogP contribution in [-0.4, -0.2) is 36.0 Å². The molecule has 0 aromatic carbocycles. The summed E-state index contributed by atoms with van der Waals surface area (Å²) in [6.07, 6.45) is -3.54. The molecule has 0 aliphatic carbocycles. The number of anilines is 1. The third-order valence-electron chi connectivity index (χ3n) is 3.14. The first kappa shape index (κ1) is 16.2. The molecule has 0 radical (unpaired) electrons. The van der Waals surface area contributed by atoms with Gasteiger partial charge in [0.1, 0.15) is 11.9 Å². The summed E-state index contributed by atoms with van der Waals surface area (Å²) >= 11 is 11.9. The summed E-state index contributed by atoms with van der Waals surface area (Å²) in [6, 6.07) is 0.0685. The predicted molar refractivity (Wildman–Crippen MR) is 71.7 cm³/mol. The van der Waals surface area contributed by atoms with Crippen LogP contribution < -0.4 is 4.90 Å². The molecule has 0 unspecified atom stereocenters. The van der Waals surface area contributed by atoms with E-state index < -0.39 is 23.8 Å². The van der Waals surface area contributed by atoms with Gasteiger partial charge in [0.05, 0.1) is 23.1 Å². The van der Waals surface area contributed by atoms with E-state index in [2.05, 4.69) is 9.72 Å².